The summed E-state index contributed by atoms with van der Waals surface area (Å²) < 4.78 is 0. The number of hydrogen-bond acceptors (Lipinski definition) is 1. The van der Waals surface area contributed by atoms with Crippen molar-refractivity contribution in [3.05, 3.63) is 12.3 Å². The van der Waals surface area contributed by atoms with Gasteiger partial charge in [-0.05, 0) is 13.3 Å². The second-order valence-electron chi connectivity index (χ2n) is 2.72. The van der Waals surface area contributed by atoms with Gasteiger partial charge in [0.1, 0.15) is 0 Å². The number of amides is 2. The van der Waals surface area contributed by atoms with Gasteiger partial charge in [0.25, 0.3) is 0 Å². The van der Waals surface area contributed by atoms with E-state index in [-0.39, 0.29) is 6.03 Å². The minimum Gasteiger partial charge on any atom is -0.328 e. The van der Waals surface area contributed by atoms with Crippen LogP contribution in [-0.2, 0) is 0 Å². The molecule has 0 aromatic heterocycles. The van der Waals surface area contributed by atoms with Crippen LogP contribution in [0, 0.1) is 0 Å². The third-order valence-corrected chi connectivity index (χ3v) is 1.57. The lowest BCUT2D eigenvalue weighted by Crippen LogP contribution is -2.34. The van der Waals surface area contributed by atoms with E-state index < -0.39 is 0 Å². The maximum absolute atomic E-state index is 11.2. The van der Waals surface area contributed by atoms with Crippen LogP contribution in [0.15, 0.2) is 12.3 Å². The van der Waals surface area contributed by atoms with Gasteiger partial charge in [0.05, 0.1) is 0 Å². The molecular formula is C9H18N2O. The number of carbonyl (C=O) groups is 1. The second kappa shape index (κ2) is 6.70. The first kappa shape index (κ1) is 11.0. The molecule has 0 aromatic carbocycles. The molecule has 0 saturated carbocycles. The molecule has 0 saturated heterocycles. The third-order valence-electron chi connectivity index (χ3n) is 1.57. The summed E-state index contributed by atoms with van der Waals surface area (Å²) >= 11 is 0. The van der Waals surface area contributed by atoms with Gasteiger partial charge in [-0.2, -0.15) is 0 Å². The molecule has 0 radical (unpaired) electrons. The highest BCUT2D eigenvalue weighted by Gasteiger charge is 2.03. The van der Waals surface area contributed by atoms with Gasteiger partial charge >= 0.3 is 6.03 Å². The van der Waals surface area contributed by atoms with E-state index in [0.717, 1.165) is 19.4 Å². The largest absolute Gasteiger partial charge is 0.328 e. The fourth-order valence-electron chi connectivity index (χ4n) is 0.762. The van der Waals surface area contributed by atoms with E-state index in [1.807, 2.05) is 6.92 Å². The predicted molar refractivity (Wildman–Crippen MR) is 50.9 cm³/mol. The topological polar surface area (TPSA) is 32.3 Å². The number of urea groups is 1. The molecule has 0 unspecified atom stereocenters. The minimum atomic E-state index is -0.0402. The van der Waals surface area contributed by atoms with E-state index in [2.05, 4.69) is 12.2 Å². The summed E-state index contributed by atoms with van der Waals surface area (Å²) in [5, 5.41) is 2.65. The normalized spacial score (nSPS) is 10.2. The molecule has 0 atom stereocenters. The highest BCUT2D eigenvalue weighted by molar-refractivity contribution is 5.74. The number of allylic oxidation sites excluding steroid dienone is 1. The Morgan fingerprint density at radius 2 is 2.25 bits per heavy atom. The minimum absolute atomic E-state index is 0.0402. The fourth-order valence-corrected chi connectivity index (χ4v) is 0.762. The lowest BCUT2D eigenvalue weighted by Gasteiger charge is -2.15. The molecule has 70 valence electrons. The average molecular weight is 170 g/mol. The first-order chi connectivity index (χ1) is 5.72. The molecule has 0 rings (SSSR count). The zero-order chi connectivity index (χ0) is 9.40. The Morgan fingerprint density at radius 1 is 1.58 bits per heavy atom. The van der Waals surface area contributed by atoms with Crippen LogP contribution in [0.5, 0.6) is 0 Å². The molecule has 0 heterocycles. The van der Waals surface area contributed by atoms with Crippen LogP contribution in [0.1, 0.15) is 26.7 Å². The smallest absolute Gasteiger partial charge is 0.321 e. The van der Waals surface area contributed by atoms with Crippen molar-refractivity contribution in [2.45, 2.75) is 26.7 Å². The van der Waals surface area contributed by atoms with Crippen molar-refractivity contribution >= 4 is 6.03 Å². The van der Waals surface area contributed by atoms with Crippen LogP contribution in [0.4, 0.5) is 4.79 Å². The molecule has 1 N–H and O–H groups in total. The van der Waals surface area contributed by atoms with Crippen molar-refractivity contribution in [1.29, 1.82) is 0 Å². The van der Waals surface area contributed by atoms with E-state index >= 15 is 0 Å². The molecule has 0 aromatic rings. The Morgan fingerprint density at radius 3 is 2.75 bits per heavy atom. The van der Waals surface area contributed by atoms with Crippen molar-refractivity contribution in [2.24, 2.45) is 0 Å². The Bertz CT molecular complexity index is 155. The van der Waals surface area contributed by atoms with Crippen molar-refractivity contribution in [1.82, 2.24) is 10.2 Å². The summed E-state index contributed by atoms with van der Waals surface area (Å²) in [7, 11) is 1.80. The first-order valence-electron chi connectivity index (χ1n) is 4.35. The van der Waals surface area contributed by atoms with Gasteiger partial charge in [0.15, 0.2) is 0 Å². The Labute approximate surface area is 74.4 Å². The highest BCUT2D eigenvalue weighted by atomic mass is 16.2. The highest BCUT2D eigenvalue weighted by Crippen LogP contribution is 1.91. The lowest BCUT2D eigenvalue weighted by molar-refractivity contribution is 0.212. The fraction of sp³-hybridized carbons (Fsp3) is 0.667. The van der Waals surface area contributed by atoms with E-state index in [4.69, 9.17) is 0 Å². The van der Waals surface area contributed by atoms with Crippen LogP contribution in [0.25, 0.3) is 0 Å². The Hall–Kier alpha value is -0.990. The third kappa shape index (κ3) is 4.77. The molecule has 12 heavy (non-hydrogen) atoms. The van der Waals surface area contributed by atoms with Crippen molar-refractivity contribution in [3.63, 3.8) is 0 Å². The first-order valence-corrected chi connectivity index (χ1v) is 4.35. The number of rotatable bonds is 4. The Kier molecular flexibility index (Phi) is 6.15. The average Bonchev–Trinajstić information content (AvgIpc) is 2.10. The predicted octanol–water partition coefficient (Wildman–Crippen LogP) is 1.96. The summed E-state index contributed by atoms with van der Waals surface area (Å²) in [6, 6.07) is -0.0402. The van der Waals surface area contributed by atoms with Crippen LogP contribution in [0.3, 0.4) is 0 Å². The quantitative estimate of drug-likeness (QED) is 0.687. The van der Waals surface area contributed by atoms with Crippen LogP contribution >= 0.6 is 0 Å². The zero-order valence-corrected chi connectivity index (χ0v) is 8.13. The molecule has 0 fully saturated rings. The van der Waals surface area contributed by atoms with Gasteiger partial charge in [-0.15, -0.1) is 0 Å². The summed E-state index contributed by atoms with van der Waals surface area (Å²) in [5.41, 5.74) is 0. The monoisotopic (exact) mass is 170 g/mol. The number of hydrogen-bond donors (Lipinski definition) is 1. The van der Waals surface area contributed by atoms with E-state index in [1.54, 1.807) is 24.2 Å². The van der Waals surface area contributed by atoms with Gasteiger partial charge in [0.2, 0.25) is 0 Å². The number of nitrogens with zero attached hydrogens (tertiary/aromatic N) is 1. The Balaban J connectivity index is 3.61. The number of unbranched alkanes of at least 4 members (excludes halogenated alkanes) is 1. The zero-order valence-electron chi connectivity index (χ0n) is 8.13. The maximum Gasteiger partial charge on any atom is 0.321 e. The molecule has 0 bridgehead atoms. The summed E-state index contributed by atoms with van der Waals surface area (Å²) in [5.74, 6) is 0. The lowest BCUT2D eigenvalue weighted by atomic mass is 10.3. The molecule has 0 aliphatic carbocycles. The SMILES string of the molecule is C/C=C/NC(=O)N(C)CCCC. The molecule has 0 aliphatic rings. The summed E-state index contributed by atoms with van der Waals surface area (Å²) in [6.45, 7) is 4.80. The van der Waals surface area contributed by atoms with Crippen LogP contribution in [-0.4, -0.2) is 24.5 Å². The van der Waals surface area contributed by atoms with Gasteiger partial charge < -0.3 is 10.2 Å². The molecular weight excluding hydrogens is 152 g/mol. The summed E-state index contributed by atoms with van der Waals surface area (Å²) in [6.07, 6.45) is 5.61. The van der Waals surface area contributed by atoms with Gasteiger partial charge in [-0.1, -0.05) is 19.4 Å². The van der Waals surface area contributed by atoms with Gasteiger partial charge in [0, 0.05) is 19.8 Å². The van der Waals surface area contributed by atoms with Crippen molar-refractivity contribution < 1.29 is 4.79 Å². The van der Waals surface area contributed by atoms with E-state index in [1.165, 1.54) is 0 Å². The van der Waals surface area contributed by atoms with E-state index in [0.29, 0.717) is 0 Å². The molecule has 3 nitrogen and oxygen atoms in total. The van der Waals surface area contributed by atoms with Gasteiger partial charge in [-0.25, -0.2) is 4.79 Å². The molecule has 3 heteroatoms. The van der Waals surface area contributed by atoms with Crippen LogP contribution < -0.4 is 5.32 Å². The molecule has 0 aliphatic heterocycles. The maximum atomic E-state index is 11.2. The van der Waals surface area contributed by atoms with E-state index in [9.17, 15) is 4.79 Å². The summed E-state index contributed by atoms with van der Waals surface area (Å²) in [4.78, 5) is 12.9. The second-order valence-corrected chi connectivity index (χ2v) is 2.72. The number of nitrogens with one attached hydrogen (secondary N) is 1. The standard InChI is InChI=1S/C9H18N2O/c1-4-6-8-11(3)9(12)10-7-5-2/h5,7H,4,6,8H2,1-3H3,(H,10,12)/b7-5+. The van der Waals surface area contributed by atoms with Gasteiger partial charge in [-0.3, -0.25) is 0 Å². The molecule has 0 spiro atoms. The van der Waals surface area contributed by atoms with Crippen molar-refractivity contribution in [3.8, 4) is 0 Å². The number of carbonyl (C=O) groups excluding carboxylic acids is 1. The molecule has 2 amide bonds. The van der Waals surface area contributed by atoms with Crippen LogP contribution in [0.2, 0.25) is 0 Å². The van der Waals surface area contributed by atoms with Crippen molar-refractivity contribution in [2.75, 3.05) is 13.6 Å².